The topological polar surface area (TPSA) is 29.1 Å². The van der Waals surface area contributed by atoms with Crippen molar-refractivity contribution < 1.29 is 4.79 Å². The monoisotopic (exact) mass is 303 g/mol. The number of amides is 1. The number of carbonyl (C=O) groups is 1. The van der Waals surface area contributed by atoms with Crippen LogP contribution in [0.25, 0.3) is 0 Å². The van der Waals surface area contributed by atoms with E-state index in [9.17, 15) is 4.79 Å². The Morgan fingerprint density at radius 3 is 2.47 bits per heavy atom. The van der Waals surface area contributed by atoms with Gasteiger partial charge >= 0.3 is 0 Å². The SMILES string of the molecule is CC(C)CNC(=O)C=CC=CCCCCC=C(Cl)Cl. The number of halogens is 2. The smallest absolute Gasteiger partial charge is 0.243 e. The summed E-state index contributed by atoms with van der Waals surface area (Å²) in [4.78, 5) is 11.3. The average Bonchev–Trinajstić information content (AvgIpc) is 2.34. The Bertz CT molecular complexity index is 329. The zero-order valence-electron chi connectivity index (χ0n) is 11.7. The first-order valence-electron chi connectivity index (χ1n) is 6.64. The molecule has 0 aromatic rings. The number of carbonyl (C=O) groups excluding carboxylic acids is 1. The molecule has 0 rings (SSSR count). The van der Waals surface area contributed by atoms with E-state index < -0.39 is 0 Å². The average molecular weight is 304 g/mol. The highest BCUT2D eigenvalue weighted by molar-refractivity contribution is 6.55. The number of hydrogen-bond donors (Lipinski definition) is 1. The lowest BCUT2D eigenvalue weighted by Gasteiger charge is -2.03. The van der Waals surface area contributed by atoms with E-state index in [1.54, 1.807) is 12.2 Å². The van der Waals surface area contributed by atoms with Crippen molar-refractivity contribution >= 4 is 29.1 Å². The Kier molecular flexibility index (Phi) is 11.8. The molecule has 0 radical (unpaired) electrons. The van der Waals surface area contributed by atoms with Gasteiger partial charge in [-0.15, -0.1) is 0 Å². The van der Waals surface area contributed by atoms with Gasteiger partial charge in [0.05, 0.1) is 0 Å². The van der Waals surface area contributed by atoms with Gasteiger partial charge in [-0.05, 0) is 31.6 Å². The van der Waals surface area contributed by atoms with Gasteiger partial charge in [0.25, 0.3) is 0 Å². The van der Waals surface area contributed by atoms with E-state index in [1.807, 2.05) is 12.2 Å². The molecular formula is C15H23Cl2NO. The Labute approximate surface area is 126 Å². The summed E-state index contributed by atoms with van der Waals surface area (Å²) in [6.45, 7) is 4.84. The van der Waals surface area contributed by atoms with Crippen molar-refractivity contribution in [3.8, 4) is 0 Å². The molecule has 0 atom stereocenters. The maximum absolute atomic E-state index is 11.3. The van der Waals surface area contributed by atoms with Gasteiger partial charge in [-0.25, -0.2) is 0 Å². The lowest BCUT2D eigenvalue weighted by Crippen LogP contribution is -2.25. The van der Waals surface area contributed by atoms with E-state index in [0.29, 0.717) is 17.0 Å². The van der Waals surface area contributed by atoms with Crippen LogP contribution >= 0.6 is 23.2 Å². The van der Waals surface area contributed by atoms with Gasteiger partial charge in [0, 0.05) is 12.6 Å². The summed E-state index contributed by atoms with van der Waals surface area (Å²) in [5.41, 5.74) is 0. The molecule has 4 heteroatoms. The van der Waals surface area contributed by atoms with Crippen LogP contribution in [0, 0.1) is 5.92 Å². The number of rotatable bonds is 9. The first-order valence-corrected chi connectivity index (χ1v) is 7.40. The van der Waals surface area contributed by atoms with Crippen LogP contribution in [0.2, 0.25) is 0 Å². The van der Waals surface area contributed by atoms with Crippen LogP contribution in [0.15, 0.2) is 34.9 Å². The summed E-state index contributed by atoms with van der Waals surface area (Å²) in [5.74, 6) is 0.434. The largest absolute Gasteiger partial charge is 0.352 e. The fraction of sp³-hybridized carbons (Fsp3) is 0.533. The van der Waals surface area contributed by atoms with Gasteiger partial charge in [-0.2, -0.15) is 0 Å². The standard InChI is InChI=1S/C15H23Cl2NO/c1-13(2)12-18-15(19)11-9-7-5-3-4-6-8-10-14(16)17/h5,7,9-11,13H,3-4,6,8,12H2,1-2H3,(H,18,19). The number of unbranched alkanes of at least 4 members (excludes halogenated alkanes) is 3. The van der Waals surface area contributed by atoms with E-state index in [0.717, 1.165) is 25.7 Å². The van der Waals surface area contributed by atoms with Gasteiger partial charge in [0.1, 0.15) is 4.49 Å². The third-order valence-electron chi connectivity index (χ3n) is 2.30. The van der Waals surface area contributed by atoms with Crippen LogP contribution in [-0.2, 0) is 4.79 Å². The summed E-state index contributed by atoms with van der Waals surface area (Å²) in [6.07, 6.45) is 13.1. The van der Waals surface area contributed by atoms with Crippen LogP contribution < -0.4 is 5.32 Å². The summed E-state index contributed by atoms with van der Waals surface area (Å²) in [6, 6.07) is 0. The minimum absolute atomic E-state index is 0.0414. The molecule has 0 aromatic carbocycles. The van der Waals surface area contributed by atoms with Crippen molar-refractivity contribution in [1.82, 2.24) is 5.32 Å². The van der Waals surface area contributed by atoms with Gasteiger partial charge in [0.2, 0.25) is 5.91 Å². The molecule has 0 heterocycles. The van der Waals surface area contributed by atoms with E-state index in [-0.39, 0.29) is 5.91 Å². The molecule has 0 saturated heterocycles. The lowest BCUT2D eigenvalue weighted by molar-refractivity contribution is -0.116. The molecular weight excluding hydrogens is 281 g/mol. The summed E-state index contributed by atoms with van der Waals surface area (Å²) in [5, 5.41) is 2.82. The Morgan fingerprint density at radius 1 is 1.16 bits per heavy atom. The molecule has 1 N–H and O–H groups in total. The minimum Gasteiger partial charge on any atom is -0.352 e. The number of hydrogen-bond acceptors (Lipinski definition) is 1. The third-order valence-corrected chi connectivity index (χ3v) is 2.61. The highest BCUT2D eigenvalue weighted by atomic mass is 35.5. The number of allylic oxidation sites excluding steroid dienone is 4. The first-order chi connectivity index (χ1) is 9.02. The van der Waals surface area contributed by atoms with E-state index in [1.165, 1.54) is 0 Å². The van der Waals surface area contributed by atoms with Crippen molar-refractivity contribution in [2.24, 2.45) is 5.92 Å². The Hall–Kier alpha value is -0.730. The number of nitrogens with one attached hydrogen (secondary N) is 1. The predicted molar refractivity (Wildman–Crippen MR) is 84.4 cm³/mol. The van der Waals surface area contributed by atoms with Gasteiger partial charge in [-0.1, -0.05) is 61.4 Å². The van der Waals surface area contributed by atoms with Crippen LogP contribution in [0.3, 0.4) is 0 Å². The van der Waals surface area contributed by atoms with Crippen molar-refractivity contribution in [3.05, 3.63) is 34.9 Å². The normalized spacial score (nSPS) is 11.4. The van der Waals surface area contributed by atoms with Gasteiger partial charge < -0.3 is 5.32 Å². The molecule has 0 bridgehead atoms. The summed E-state index contributed by atoms with van der Waals surface area (Å²) in [7, 11) is 0. The van der Waals surface area contributed by atoms with Crippen LogP contribution in [-0.4, -0.2) is 12.5 Å². The fourth-order valence-electron chi connectivity index (χ4n) is 1.30. The molecule has 0 saturated carbocycles. The Balaban J connectivity index is 3.56. The van der Waals surface area contributed by atoms with Crippen molar-refractivity contribution in [3.63, 3.8) is 0 Å². The zero-order valence-corrected chi connectivity index (χ0v) is 13.2. The van der Waals surface area contributed by atoms with Gasteiger partial charge in [-0.3, -0.25) is 4.79 Å². The predicted octanol–water partition coefficient (Wildman–Crippen LogP) is 4.75. The summed E-state index contributed by atoms with van der Waals surface area (Å²) < 4.78 is 0.339. The minimum atomic E-state index is -0.0414. The third kappa shape index (κ3) is 15.2. The quantitative estimate of drug-likeness (QED) is 0.372. The summed E-state index contributed by atoms with van der Waals surface area (Å²) >= 11 is 11.0. The highest BCUT2D eigenvalue weighted by Crippen LogP contribution is 2.10. The molecule has 19 heavy (non-hydrogen) atoms. The second kappa shape index (κ2) is 12.3. The second-order valence-corrected chi connectivity index (χ2v) is 5.71. The molecule has 0 aliphatic carbocycles. The highest BCUT2D eigenvalue weighted by Gasteiger charge is 1.95. The second-order valence-electron chi connectivity index (χ2n) is 4.70. The fourth-order valence-corrected chi connectivity index (χ4v) is 1.52. The van der Waals surface area contributed by atoms with Crippen LogP contribution in [0.1, 0.15) is 39.5 Å². The molecule has 0 aliphatic rings. The Morgan fingerprint density at radius 2 is 1.84 bits per heavy atom. The zero-order chi connectivity index (χ0) is 14.5. The molecule has 0 aromatic heterocycles. The van der Waals surface area contributed by atoms with Crippen molar-refractivity contribution in [1.29, 1.82) is 0 Å². The van der Waals surface area contributed by atoms with Gasteiger partial charge in [0.15, 0.2) is 0 Å². The lowest BCUT2D eigenvalue weighted by atomic mass is 10.2. The molecule has 2 nitrogen and oxygen atoms in total. The van der Waals surface area contributed by atoms with E-state index in [2.05, 4.69) is 25.2 Å². The maximum atomic E-state index is 11.3. The molecule has 1 amide bonds. The van der Waals surface area contributed by atoms with Crippen LogP contribution in [0.4, 0.5) is 0 Å². The maximum Gasteiger partial charge on any atom is 0.243 e. The van der Waals surface area contributed by atoms with E-state index in [4.69, 9.17) is 23.2 Å². The molecule has 0 fully saturated rings. The van der Waals surface area contributed by atoms with E-state index >= 15 is 0 Å². The van der Waals surface area contributed by atoms with Crippen LogP contribution in [0.5, 0.6) is 0 Å². The first kappa shape index (κ1) is 18.3. The van der Waals surface area contributed by atoms with Crippen molar-refractivity contribution in [2.45, 2.75) is 39.5 Å². The molecule has 108 valence electrons. The molecule has 0 spiro atoms. The van der Waals surface area contributed by atoms with Crippen molar-refractivity contribution in [2.75, 3.05) is 6.54 Å². The molecule has 0 aliphatic heterocycles. The molecule has 0 unspecified atom stereocenters.